The van der Waals surface area contributed by atoms with Crippen molar-refractivity contribution in [2.24, 2.45) is 10.7 Å². The average molecular weight is 351 g/mol. The van der Waals surface area contributed by atoms with Crippen LogP contribution in [-0.4, -0.2) is 41.3 Å². The molecule has 1 unspecified atom stereocenters. The van der Waals surface area contributed by atoms with Crippen LogP contribution in [0.1, 0.15) is 34.8 Å². The molecule has 0 saturated carbocycles. The Hall–Kier alpha value is -3.22. The fraction of sp³-hybridized carbons (Fsp3) is 0.263. The van der Waals surface area contributed by atoms with Crippen LogP contribution in [0.4, 0.5) is 0 Å². The van der Waals surface area contributed by atoms with E-state index >= 15 is 0 Å². The molecular formula is C19H21N5O2. The average Bonchev–Trinajstić information content (AvgIpc) is 2.92. The molecule has 0 bridgehead atoms. The summed E-state index contributed by atoms with van der Waals surface area (Å²) in [6.07, 6.45) is 4.05. The number of hydrogen-bond acceptors (Lipinski definition) is 5. The molecule has 1 aliphatic heterocycles. The molecule has 0 aliphatic carbocycles. The Morgan fingerprint density at radius 3 is 2.58 bits per heavy atom. The van der Waals surface area contributed by atoms with Crippen LogP contribution < -0.4 is 11.1 Å². The standard InChI is InChI=1S/C19H21N5O2/c1-3-9-22-16(25)13-5-4-6-15(12-13)19(14-7-10-21-11-8-14)17(26)24(2)18(20)23-19/h4-8,10-12H,3,9H2,1-2H3,(H2,20,23)(H,22,25). The van der Waals surface area contributed by atoms with E-state index in [0.29, 0.717) is 23.2 Å². The largest absolute Gasteiger partial charge is 0.369 e. The van der Waals surface area contributed by atoms with Gasteiger partial charge in [-0.15, -0.1) is 0 Å². The van der Waals surface area contributed by atoms with Crippen LogP contribution in [0, 0.1) is 0 Å². The molecule has 7 heteroatoms. The zero-order valence-electron chi connectivity index (χ0n) is 14.8. The minimum Gasteiger partial charge on any atom is -0.369 e. The predicted molar refractivity (Wildman–Crippen MR) is 98.5 cm³/mol. The first kappa shape index (κ1) is 17.6. The van der Waals surface area contributed by atoms with Crippen LogP contribution in [0.15, 0.2) is 53.8 Å². The molecule has 26 heavy (non-hydrogen) atoms. The molecule has 1 aromatic carbocycles. The summed E-state index contributed by atoms with van der Waals surface area (Å²) >= 11 is 0. The fourth-order valence-corrected chi connectivity index (χ4v) is 3.00. The van der Waals surface area contributed by atoms with E-state index in [4.69, 9.17) is 5.73 Å². The molecule has 3 N–H and O–H groups in total. The lowest BCUT2D eigenvalue weighted by Crippen LogP contribution is -2.41. The highest BCUT2D eigenvalue weighted by Gasteiger charge is 2.49. The molecule has 0 saturated heterocycles. The molecular weight excluding hydrogens is 330 g/mol. The number of aromatic nitrogens is 1. The second-order valence-corrected chi connectivity index (χ2v) is 6.12. The number of carbonyl (C=O) groups excluding carboxylic acids is 2. The van der Waals surface area contributed by atoms with Crippen molar-refractivity contribution in [1.29, 1.82) is 0 Å². The number of nitrogens with one attached hydrogen (secondary N) is 1. The van der Waals surface area contributed by atoms with Crippen LogP contribution in [0.5, 0.6) is 0 Å². The van der Waals surface area contributed by atoms with E-state index < -0.39 is 5.54 Å². The minimum absolute atomic E-state index is 0.132. The van der Waals surface area contributed by atoms with E-state index in [2.05, 4.69) is 15.3 Å². The first-order valence-corrected chi connectivity index (χ1v) is 8.43. The SMILES string of the molecule is CCCNC(=O)c1cccc(C2(c3ccncc3)N=C(N)N(C)C2=O)c1. The van der Waals surface area contributed by atoms with Gasteiger partial charge in [-0.2, -0.15) is 0 Å². The highest BCUT2D eigenvalue weighted by Crippen LogP contribution is 2.39. The topological polar surface area (TPSA) is 101 Å². The molecule has 0 spiro atoms. The number of carbonyl (C=O) groups is 2. The van der Waals surface area contributed by atoms with Gasteiger partial charge >= 0.3 is 0 Å². The number of nitrogens with two attached hydrogens (primary N) is 1. The van der Waals surface area contributed by atoms with Gasteiger partial charge in [0.05, 0.1) is 0 Å². The van der Waals surface area contributed by atoms with Gasteiger partial charge in [-0.3, -0.25) is 19.5 Å². The van der Waals surface area contributed by atoms with Gasteiger partial charge in [0.15, 0.2) is 11.5 Å². The second-order valence-electron chi connectivity index (χ2n) is 6.12. The van der Waals surface area contributed by atoms with E-state index in [-0.39, 0.29) is 17.8 Å². The van der Waals surface area contributed by atoms with Crippen molar-refractivity contribution in [3.63, 3.8) is 0 Å². The van der Waals surface area contributed by atoms with Crippen molar-refractivity contribution < 1.29 is 9.59 Å². The molecule has 7 nitrogen and oxygen atoms in total. The van der Waals surface area contributed by atoms with Crippen LogP contribution >= 0.6 is 0 Å². The maximum Gasteiger partial charge on any atom is 0.266 e. The second kappa shape index (κ2) is 6.95. The third kappa shape index (κ3) is 2.81. The molecule has 2 amide bonds. The number of guanidine groups is 1. The summed E-state index contributed by atoms with van der Waals surface area (Å²) in [5.74, 6) is -0.325. The summed E-state index contributed by atoms with van der Waals surface area (Å²) < 4.78 is 0. The smallest absolute Gasteiger partial charge is 0.266 e. The van der Waals surface area contributed by atoms with E-state index in [1.165, 1.54) is 4.90 Å². The molecule has 134 valence electrons. The number of rotatable bonds is 5. The van der Waals surface area contributed by atoms with Crippen molar-refractivity contribution in [3.8, 4) is 0 Å². The first-order valence-electron chi connectivity index (χ1n) is 8.43. The molecule has 2 aromatic rings. The van der Waals surface area contributed by atoms with Crippen molar-refractivity contribution in [1.82, 2.24) is 15.2 Å². The van der Waals surface area contributed by atoms with E-state index in [9.17, 15) is 9.59 Å². The Balaban J connectivity index is 2.14. The summed E-state index contributed by atoms with van der Waals surface area (Å²) in [4.78, 5) is 35.3. The number of likely N-dealkylation sites (N-methyl/N-ethyl adjacent to an activating group) is 1. The van der Waals surface area contributed by atoms with Crippen LogP contribution in [-0.2, 0) is 10.3 Å². The molecule has 1 aromatic heterocycles. The molecule has 3 rings (SSSR count). The number of nitrogens with zero attached hydrogens (tertiary/aromatic N) is 3. The van der Waals surface area contributed by atoms with Crippen molar-refractivity contribution in [2.45, 2.75) is 18.9 Å². The Bertz CT molecular complexity index is 865. The lowest BCUT2D eigenvalue weighted by atomic mass is 9.82. The third-order valence-corrected chi connectivity index (χ3v) is 4.42. The Morgan fingerprint density at radius 2 is 1.96 bits per heavy atom. The predicted octanol–water partition coefficient (Wildman–Crippen LogP) is 1.25. The van der Waals surface area contributed by atoms with Gasteiger partial charge in [0, 0.05) is 31.5 Å². The van der Waals surface area contributed by atoms with Crippen molar-refractivity contribution in [2.75, 3.05) is 13.6 Å². The van der Waals surface area contributed by atoms with Crippen LogP contribution in [0.25, 0.3) is 0 Å². The van der Waals surface area contributed by atoms with E-state index in [1.807, 2.05) is 6.92 Å². The minimum atomic E-state index is -1.32. The number of benzene rings is 1. The summed E-state index contributed by atoms with van der Waals surface area (Å²) in [6, 6.07) is 10.4. The monoisotopic (exact) mass is 351 g/mol. The van der Waals surface area contributed by atoms with Gasteiger partial charge in [0.25, 0.3) is 11.8 Å². The zero-order valence-corrected chi connectivity index (χ0v) is 14.8. The maximum absolute atomic E-state index is 13.1. The third-order valence-electron chi connectivity index (χ3n) is 4.42. The number of pyridine rings is 1. The van der Waals surface area contributed by atoms with Gasteiger partial charge < -0.3 is 11.1 Å². The van der Waals surface area contributed by atoms with Crippen LogP contribution in [0.2, 0.25) is 0 Å². The summed E-state index contributed by atoms with van der Waals surface area (Å²) in [5, 5.41) is 2.84. The summed E-state index contributed by atoms with van der Waals surface area (Å²) in [5.41, 5.74) is 6.34. The lowest BCUT2D eigenvalue weighted by molar-refractivity contribution is -0.129. The number of aliphatic imine (C=N–C) groups is 1. The number of amides is 2. The molecule has 0 fully saturated rings. The molecule has 1 aliphatic rings. The van der Waals surface area contributed by atoms with Gasteiger partial charge in [-0.05, 0) is 41.8 Å². The van der Waals surface area contributed by atoms with Gasteiger partial charge in [0.2, 0.25) is 0 Å². The van der Waals surface area contributed by atoms with Gasteiger partial charge in [-0.1, -0.05) is 19.1 Å². The van der Waals surface area contributed by atoms with Gasteiger partial charge in [-0.25, -0.2) is 4.99 Å². The van der Waals surface area contributed by atoms with Crippen LogP contribution in [0.3, 0.4) is 0 Å². The molecule has 0 radical (unpaired) electrons. The Labute approximate surface area is 151 Å². The summed E-state index contributed by atoms with van der Waals surface area (Å²) in [7, 11) is 1.59. The van der Waals surface area contributed by atoms with Crippen molar-refractivity contribution in [3.05, 3.63) is 65.5 Å². The number of hydrogen-bond donors (Lipinski definition) is 2. The first-order chi connectivity index (χ1) is 12.5. The van der Waals surface area contributed by atoms with Crippen molar-refractivity contribution >= 4 is 17.8 Å². The quantitative estimate of drug-likeness (QED) is 0.846. The molecule has 2 heterocycles. The lowest BCUT2D eigenvalue weighted by Gasteiger charge is -2.26. The highest BCUT2D eigenvalue weighted by molar-refractivity contribution is 6.09. The Kier molecular flexibility index (Phi) is 4.71. The zero-order chi connectivity index (χ0) is 18.7. The highest BCUT2D eigenvalue weighted by atomic mass is 16.2. The summed E-state index contributed by atoms with van der Waals surface area (Å²) in [6.45, 7) is 2.57. The maximum atomic E-state index is 13.1. The fourth-order valence-electron chi connectivity index (χ4n) is 3.00. The Morgan fingerprint density at radius 1 is 1.23 bits per heavy atom. The molecule has 1 atom stereocenters. The van der Waals surface area contributed by atoms with E-state index in [0.717, 1.165) is 6.42 Å². The normalized spacial score (nSPS) is 19.4. The van der Waals surface area contributed by atoms with Gasteiger partial charge in [0.1, 0.15) is 0 Å². The van der Waals surface area contributed by atoms with E-state index in [1.54, 1.807) is 55.8 Å².